The van der Waals surface area contributed by atoms with Crippen LogP contribution >= 0.6 is 0 Å². The van der Waals surface area contributed by atoms with Gasteiger partial charge in [-0.1, -0.05) is 20.8 Å². The quantitative estimate of drug-likeness (QED) is 0.430. The van der Waals surface area contributed by atoms with Crippen molar-refractivity contribution in [2.45, 2.75) is 46.1 Å². The first kappa shape index (κ1) is 13.5. The number of piperidine rings is 1. The molecule has 1 saturated heterocycles. The number of carbonyl (C=O) groups is 1. The Hall–Kier alpha value is -0.610. The van der Waals surface area contributed by atoms with Gasteiger partial charge in [0, 0.05) is 0 Å². The van der Waals surface area contributed by atoms with E-state index in [0.29, 0.717) is 0 Å². The molecule has 0 radical (unpaired) electrons. The lowest BCUT2D eigenvalue weighted by atomic mass is 9.86. The lowest BCUT2D eigenvalue weighted by Crippen LogP contribution is -2.51. The average Bonchev–Trinajstić information content (AvgIpc) is 2.30. The van der Waals surface area contributed by atoms with Crippen molar-refractivity contribution in [1.29, 1.82) is 0 Å². The molecule has 4 nitrogen and oxygen atoms in total. The van der Waals surface area contributed by atoms with E-state index in [0.717, 1.165) is 31.3 Å². The summed E-state index contributed by atoms with van der Waals surface area (Å²) < 4.78 is 0. The average molecular weight is 227 g/mol. The predicted molar refractivity (Wildman–Crippen MR) is 65.5 cm³/mol. The van der Waals surface area contributed by atoms with Crippen molar-refractivity contribution in [2.24, 2.45) is 17.7 Å². The van der Waals surface area contributed by atoms with Gasteiger partial charge < -0.3 is 0 Å². The zero-order valence-corrected chi connectivity index (χ0v) is 10.7. The minimum atomic E-state index is -0.0505. The van der Waals surface area contributed by atoms with Crippen LogP contribution in [0.1, 0.15) is 40.0 Å². The standard InChI is InChI=1S/C12H25N3O/c1-4-11(12(16)14-13)15-7-5-10(6-8-15)9(2)3/h9-11H,4-8,13H2,1-3H3,(H,14,16). The molecule has 0 spiro atoms. The van der Waals surface area contributed by atoms with Gasteiger partial charge in [-0.25, -0.2) is 5.84 Å². The van der Waals surface area contributed by atoms with Gasteiger partial charge in [-0.2, -0.15) is 0 Å². The Balaban J connectivity index is 2.48. The number of hydrogen-bond acceptors (Lipinski definition) is 3. The summed E-state index contributed by atoms with van der Waals surface area (Å²) in [7, 11) is 0. The highest BCUT2D eigenvalue weighted by Gasteiger charge is 2.28. The van der Waals surface area contributed by atoms with Gasteiger partial charge in [0.25, 0.3) is 5.91 Å². The van der Waals surface area contributed by atoms with Gasteiger partial charge in [0.15, 0.2) is 0 Å². The van der Waals surface area contributed by atoms with Crippen molar-refractivity contribution in [3.63, 3.8) is 0 Å². The highest BCUT2D eigenvalue weighted by atomic mass is 16.2. The molecule has 16 heavy (non-hydrogen) atoms. The van der Waals surface area contributed by atoms with Crippen molar-refractivity contribution in [1.82, 2.24) is 10.3 Å². The molecule has 1 aliphatic rings. The lowest BCUT2D eigenvalue weighted by molar-refractivity contribution is -0.127. The Kier molecular flexibility index (Phi) is 5.22. The van der Waals surface area contributed by atoms with Crippen molar-refractivity contribution in [3.05, 3.63) is 0 Å². The number of likely N-dealkylation sites (tertiary alicyclic amines) is 1. The minimum Gasteiger partial charge on any atom is -0.293 e. The maximum atomic E-state index is 11.6. The Morgan fingerprint density at radius 1 is 1.44 bits per heavy atom. The molecule has 1 fully saturated rings. The number of amides is 1. The second-order valence-corrected chi connectivity index (χ2v) is 5.05. The molecule has 0 aliphatic carbocycles. The van der Waals surface area contributed by atoms with E-state index in [1.807, 2.05) is 6.92 Å². The van der Waals surface area contributed by atoms with Gasteiger partial charge in [0.1, 0.15) is 0 Å². The molecule has 1 heterocycles. The molecule has 94 valence electrons. The summed E-state index contributed by atoms with van der Waals surface area (Å²) in [6, 6.07) is -0.0434. The summed E-state index contributed by atoms with van der Waals surface area (Å²) in [6.45, 7) is 8.65. The second kappa shape index (κ2) is 6.21. The van der Waals surface area contributed by atoms with Crippen molar-refractivity contribution in [2.75, 3.05) is 13.1 Å². The van der Waals surface area contributed by atoms with E-state index >= 15 is 0 Å². The van der Waals surface area contributed by atoms with Crippen molar-refractivity contribution >= 4 is 5.91 Å². The highest BCUT2D eigenvalue weighted by molar-refractivity contribution is 5.81. The largest absolute Gasteiger partial charge is 0.293 e. The Morgan fingerprint density at radius 3 is 2.38 bits per heavy atom. The molecule has 1 unspecified atom stereocenters. The molecule has 1 atom stereocenters. The van der Waals surface area contributed by atoms with Crippen LogP contribution in [0.25, 0.3) is 0 Å². The molecular formula is C12H25N3O. The summed E-state index contributed by atoms with van der Waals surface area (Å²) in [4.78, 5) is 13.8. The van der Waals surface area contributed by atoms with E-state index in [2.05, 4.69) is 24.2 Å². The smallest absolute Gasteiger partial charge is 0.251 e. The third-order valence-electron chi connectivity index (χ3n) is 3.79. The molecule has 0 saturated carbocycles. The van der Waals surface area contributed by atoms with E-state index in [1.54, 1.807) is 0 Å². The summed E-state index contributed by atoms with van der Waals surface area (Å²) in [6.07, 6.45) is 3.23. The van der Waals surface area contributed by atoms with Gasteiger partial charge in [0.2, 0.25) is 0 Å². The number of hydrogen-bond donors (Lipinski definition) is 2. The first-order chi connectivity index (χ1) is 7.60. The number of carbonyl (C=O) groups excluding carboxylic acids is 1. The highest BCUT2D eigenvalue weighted by Crippen LogP contribution is 2.25. The molecule has 0 aromatic carbocycles. The Bertz CT molecular complexity index is 222. The number of rotatable bonds is 4. The second-order valence-electron chi connectivity index (χ2n) is 5.05. The lowest BCUT2D eigenvalue weighted by Gasteiger charge is -2.37. The first-order valence-electron chi connectivity index (χ1n) is 6.34. The molecule has 4 heteroatoms. The fourth-order valence-electron chi connectivity index (χ4n) is 2.60. The summed E-state index contributed by atoms with van der Waals surface area (Å²) in [5.74, 6) is 6.72. The van der Waals surface area contributed by atoms with E-state index in [-0.39, 0.29) is 11.9 Å². The Morgan fingerprint density at radius 2 is 2.00 bits per heavy atom. The zero-order valence-electron chi connectivity index (χ0n) is 10.7. The number of nitrogens with one attached hydrogen (secondary N) is 1. The van der Waals surface area contributed by atoms with Gasteiger partial charge in [0.05, 0.1) is 6.04 Å². The maximum Gasteiger partial charge on any atom is 0.251 e. The van der Waals surface area contributed by atoms with Crippen molar-refractivity contribution in [3.8, 4) is 0 Å². The Labute approximate surface area is 98.5 Å². The van der Waals surface area contributed by atoms with Crippen LogP contribution in [-0.2, 0) is 4.79 Å². The predicted octanol–water partition coefficient (Wildman–Crippen LogP) is 1.12. The van der Waals surface area contributed by atoms with Crippen LogP contribution in [0.15, 0.2) is 0 Å². The van der Waals surface area contributed by atoms with Gasteiger partial charge in [-0.15, -0.1) is 0 Å². The van der Waals surface area contributed by atoms with Gasteiger partial charge in [-0.3, -0.25) is 15.1 Å². The summed E-state index contributed by atoms with van der Waals surface area (Å²) in [5.41, 5.74) is 2.27. The maximum absolute atomic E-state index is 11.6. The molecule has 0 aromatic rings. The van der Waals surface area contributed by atoms with E-state index in [9.17, 15) is 4.79 Å². The van der Waals surface area contributed by atoms with Gasteiger partial charge >= 0.3 is 0 Å². The van der Waals surface area contributed by atoms with Crippen LogP contribution in [0.2, 0.25) is 0 Å². The first-order valence-corrected chi connectivity index (χ1v) is 6.34. The zero-order chi connectivity index (χ0) is 12.1. The molecule has 0 bridgehead atoms. The molecular weight excluding hydrogens is 202 g/mol. The molecule has 3 N–H and O–H groups in total. The number of nitrogens with zero attached hydrogens (tertiary/aromatic N) is 1. The SMILES string of the molecule is CCC(C(=O)NN)N1CCC(C(C)C)CC1. The van der Waals surface area contributed by atoms with Crippen molar-refractivity contribution < 1.29 is 4.79 Å². The number of nitrogens with two attached hydrogens (primary N) is 1. The van der Waals surface area contributed by atoms with Gasteiger partial charge in [-0.05, 0) is 44.2 Å². The minimum absolute atomic E-state index is 0.0434. The van der Waals surface area contributed by atoms with E-state index in [4.69, 9.17) is 5.84 Å². The molecule has 0 aromatic heterocycles. The normalized spacial score (nSPS) is 21.1. The van der Waals surface area contributed by atoms with Crippen LogP contribution in [-0.4, -0.2) is 29.9 Å². The fraction of sp³-hybridized carbons (Fsp3) is 0.917. The third-order valence-corrected chi connectivity index (χ3v) is 3.79. The molecule has 1 amide bonds. The fourth-order valence-corrected chi connectivity index (χ4v) is 2.60. The van der Waals surface area contributed by atoms with Crippen LogP contribution in [0.5, 0.6) is 0 Å². The van der Waals surface area contributed by atoms with Crippen LogP contribution in [0.4, 0.5) is 0 Å². The number of hydrazine groups is 1. The van der Waals surface area contributed by atoms with Crippen LogP contribution < -0.4 is 11.3 Å². The summed E-state index contributed by atoms with van der Waals surface area (Å²) >= 11 is 0. The topological polar surface area (TPSA) is 58.4 Å². The third kappa shape index (κ3) is 3.19. The van der Waals surface area contributed by atoms with E-state index in [1.165, 1.54) is 12.8 Å². The monoisotopic (exact) mass is 227 g/mol. The molecule has 1 rings (SSSR count). The summed E-state index contributed by atoms with van der Waals surface area (Å²) in [5, 5.41) is 0. The van der Waals surface area contributed by atoms with E-state index < -0.39 is 0 Å². The molecule has 1 aliphatic heterocycles. The van der Waals surface area contributed by atoms with Crippen LogP contribution in [0.3, 0.4) is 0 Å². The van der Waals surface area contributed by atoms with Crippen LogP contribution in [0, 0.1) is 11.8 Å².